The van der Waals surface area contributed by atoms with E-state index in [0.717, 1.165) is 111 Å². The second-order valence-corrected chi connectivity index (χ2v) is 21.0. The Morgan fingerprint density at radius 1 is 0.286 bits per heavy atom. The van der Waals surface area contributed by atoms with Crippen molar-refractivity contribution in [2.24, 2.45) is 0 Å². The van der Waals surface area contributed by atoms with Gasteiger partial charge < -0.3 is 9.13 Å². The molecule has 0 atom stereocenters. The van der Waals surface area contributed by atoms with Crippen LogP contribution in [-0.2, 0) is 0 Å². The topological polar surface area (TPSA) is 201 Å². The molecule has 7 aromatic carbocycles. The van der Waals surface area contributed by atoms with Crippen molar-refractivity contribution in [3.05, 3.63) is 210 Å². The molecule has 0 N–H and O–H groups in total. The number of benzene rings is 7. The molecule has 0 saturated heterocycles. The van der Waals surface area contributed by atoms with Gasteiger partial charge in [0.2, 0.25) is 0 Å². The molecule has 0 radical (unpaired) electrons. The van der Waals surface area contributed by atoms with E-state index in [1.165, 1.54) is 0 Å². The van der Waals surface area contributed by atoms with E-state index in [-0.39, 0.29) is 0 Å². The van der Waals surface area contributed by atoms with E-state index in [1.807, 2.05) is 97.9 Å². The molecule has 14 rings (SSSR count). The standard InChI is InChI=1S/C68H50N16/c1-36-70-37(2)75-65(74-36)46-19-23-59-53(27-46)54-28-47(66-76-38(3)71-39(4)77-66)20-24-60(54)83(59)63-33-51(35-69)52(50-31-57(44-15-11-9-12-16-44)82-58(32-50)45-17-13-10-14-18-45)34-64(63)84-61-25-21-48(67-78-40(5)72-41(6)79-67)29-55(61)56-30-49(22-26-62(56)84)68-80-42(7)73-43(8)81-68/h9-34H,1-8H3. The van der Waals surface area contributed by atoms with E-state index in [4.69, 9.17) is 44.9 Å². The molecular formula is C68H50N16. The summed E-state index contributed by atoms with van der Waals surface area (Å²) in [6.07, 6.45) is 0. The minimum atomic E-state index is 0.458. The molecule has 0 amide bonds. The summed E-state index contributed by atoms with van der Waals surface area (Å²) in [5, 5.41) is 15.4. The molecule has 0 saturated carbocycles. The molecule has 0 bridgehead atoms. The van der Waals surface area contributed by atoms with E-state index in [0.29, 0.717) is 75.5 Å². The largest absolute Gasteiger partial charge is 0.307 e. The zero-order valence-corrected chi connectivity index (χ0v) is 47.2. The number of aryl methyl sites for hydroxylation is 8. The summed E-state index contributed by atoms with van der Waals surface area (Å²) >= 11 is 0. The van der Waals surface area contributed by atoms with Crippen molar-refractivity contribution < 1.29 is 0 Å². The predicted molar refractivity (Wildman–Crippen MR) is 327 cm³/mol. The fourth-order valence-corrected chi connectivity index (χ4v) is 11.6. The van der Waals surface area contributed by atoms with Crippen LogP contribution in [0.2, 0.25) is 0 Å². The van der Waals surface area contributed by atoms with Gasteiger partial charge in [0.1, 0.15) is 46.6 Å². The van der Waals surface area contributed by atoms with Gasteiger partial charge in [0.05, 0.1) is 56.5 Å². The lowest BCUT2D eigenvalue weighted by Crippen LogP contribution is -2.06. The minimum Gasteiger partial charge on any atom is -0.307 e. The number of hydrogen-bond donors (Lipinski definition) is 0. The third kappa shape index (κ3) is 9.10. The zero-order chi connectivity index (χ0) is 57.5. The molecule has 402 valence electrons. The monoisotopic (exact) mass is 1090 g/mol. The average Bonchev–Trinajstić information content (AvgIpc) is 2.13. The molecule has 0 fully saturated rings. The van der Waals surface area contributed by atoms with Crippen LogP contribution in [0.3, 0.4) is 0 Å². The SMILES string of the molecule is Cc1nc(C)nc(-c2ccc3c(c2)c2cc(-c4nc(C)nc(C)n4)ccc2n3-c2cc(C#N)c(-c3cc(-c4ccccc4)nc(-c4ccccc4)c3)cc2-n2c3ccc(-c4nc(C)nc(C)n4)cc3c3cc(-c4nc(C)nc(C)n4)ccc32)n1. The molecule has 0 aliphatic heterocycles. The van der Waals surface area contributed by atoms with Gasteiger partial charge in [-0.2, -0.15) is 5.26 Å². The van der Waals surface area contributed by atoms with Gasteiger partial charge in [-0.05, 0) is 158 Å². The van der Waals surface area contributed by atoms with E-state index < -0.39 is 0 Å². The summed E-state index contributed by atoms with van der Waals surface area (Å²) in [5.74, 6) is 7.28. The Morgan fingerprint density at radius 2 is 0.583 bits per heavy atom. The molecule has 0 spiro atoms. The summed E-state index contributed by atoms with van der Waals surface area (Å²) in [6, 6.07) is 56.7. The molecule has 14 aromatic rings. The van der Waals surface area contributed by atoms with Crippen LogP contribution in [-0.4, -0.2) is 73.9 Å². The Kier molecular flexibility index (Phi) is 12.2. The lowest BCUT2D eigenvalue weighted by molar-refractivity contribution is 0.928. The zero-order valence-electron chi connectivity index (χ0n) is 47.2. The van der Waals surface area contributed by atoms with Gasteiger partial charge in [-0.1, -0.05) is 60.7 Å². The highest BCUT2D eigenvalue weighted by Gasteiger charge is 2.26. The molecule has 0 aliphatic rings. The number of fused-ring (bicyclic) bond motifs is 6. The number of nitriles is 1. The van der Waals surface area contributed by atoms with Crippen molar-refractivity contribution in [1.82, 2.24) is 73.9 Å². The van der Waals surface area contributed by atoms with Crippen LogP contribution in [0.1, 0.15) is 52.2 Å². The van der Waals surface area contributed by atoms with Crippen molar-refractivity contribution in [2.45, 2.75) is 55.4 Å². The van der Waals surface area contributed by atoms with Crippen LogP contribution in [0.25, 0.3) is 134 Å². The van der Waals surface area contributed by atoms with Crippen LogP contribution in [0, 0.1) is 66.7 Å². The first kappa shape index (κ1) is 51.0. The molecule has 84 heavy (non-hydrogen) atoms. The van der Waals surface area contributed by atoms with Gasteiger partial charge >= 0.3 is 0 Å². The van der Waals surface area contributed by atoms with Crippen LogP contribution in [0.5, 0.6) is 0 Å². The van der Waals surface area contributed by atoms with Crippen molar-refractivity contribution in [2.75, 3.05) is 0 Å². The predicted octanol–water partition coefficient (Wildman–Crippen LogP) is 14.0. The lowest BCUT2D eigenvalue weighted by atomic mass is 9.95. The van der Waals surface area contributed by atoms with Crippen molar-refractivity contribution in [3.63, 3.8) is 0 Å². The number of pyridine rings is 1. The maximum atomic E-state index is 11.7. The number of rotatable bonds is 9. The minimum absolute atomic E-state index is 0.458. The number of aromatic nitrogens is 15. The Labute approximate surface area is 482 Å². The normalized spacial score (nSPS) is 11.6. The van der Waals surface area contributed by atoms with Crippen LogP contribution < -0.4 is 0 Å². The number of nitrogens with zero attached hydrogens (tertiary/aromatic N) is 16. The highest BCUT2D eigenvalue weighted by Crippen LogP contribution is 2.44. The fraction of sp³-hybridized carbons (Fsp3) is 0.118. The van der Waals surface area contributed by atoms with Gasteiger partial charge in [-0.3, -0.25) is 0 Å². The van der Waals surface area contributed by atoms with E-state index in [1.54, 1.807) is 0 Å². The first-order chi connectivity index (χ1) is 40.8. The summed E-state index contributed by atoms with van der Waals surface area (Å²) < 4.78 is 4.56. The smallest absolute Gasteiger partial charge is 0.163 e. The third-order valence-corrected chi connectivity index (χ3v) is 15.0. The Hall–Kier alpha value is -11.2. The maximum Gasteiger partial charge on any atom is 0.163 e. The fourth-order valence-electron chi connectivity index (χ4n) is 11.6. The highest BCUT2D eigenvalue weighted by molar-refractivity contribution is 6.14. The summed E-state index contributed by atoms with van der Waals surface area (Å²) in [4.78, 5) is 61.8. The molecular weight excluding hydrogens is 1040 g/mol. The number of hydrogen-bond acceptors (Lipinski definition) is 14. The molecule has 7 aromatic heterocycles. The van der Waals surface area contributed by atoms with E-state index in [2.05, 4.69) is 150 Å². The molecule has 0 aliphatic carbocycles. The van der Waals surface area contributed by atoms with Crippen LogP contribution in [0.15, 0.2) is 158 Å². The Morgan fingerprint density at radius 3 is 0.881 bits per heavy atom. The summed E-state index contributed by atoms with van der Waals surface area (Å²) in [6.45, 7) is 15.0. The third-order valence-electron chi connectivity index (χ3n) is 15.0. The van der Waals surface area contributed by atoms with Crippen molar-refractivity contribution in [3.8, 4) is 96.6 Å². The van der Waals surface area contributed by atoms with Crippen molar-refractivity contribution >= 4 is 43.6 Å². The van der Waals surface area contributed by atoms with Crippen LogP contribution in [0.4, 0.5) is 0 Å². The van der Waals surface area contributed by atoms with Crippen molar-refractivity contribution in [1.29, 1.82) is 5.26 Å². The van der Waals surface area contributed by atoms with Crippen LogP contribution >= 0.6 is 0 Å². The highest BCUT2D eigenvalue weighted by atomic mass is 15.1. The summed E-state index contributed by atoms with van der Waals surface area (Å²) in [7, 11) is 0. The van der Waals surface area contributed by atoms with Gasteiger partial charge in [-0.15, -0.1) is 0 Å². The van der Waals surface area contributed by atoms with Gasteiger partial charge in [0.25, 0.3) is 0 Å². The van der Waals surface area contributed by atoms with Gasteiger partial charge in [0, 0.05) is 60.5 Å². The summed E-state index contributed by atoms with van der Waals surface area (Å²) in [5.41, 5.74) is 13.8. The molecule has 16 heteroatoms. The second kappa shape index (κ2) is 20.1. The Balaban J connectivity index is 1.12. The van der Waals surface area contributed by atoms with Gasteiger partial charge in [0.15, 0.2) is 23.3 Å². The van der Waals surface area contributed by atoms with Gasteiger partial charge in [-0.25, -0.2) is 64.8 Å². The molecule has 0 unspecified atom stereocenters. The Bertz CT molecular complexity index is 4720. The second-order valence-electron chi connectivity index (χ2n) is 21.0. The van der Waals surface area contributed by atoms with E-state index in [9.17, 15) is 5.26 Å². The molecule has 7 heterocycles. The average molecular weight is 1090 g/mol. The maximum absolute atomic E-state index is 11.7. The molecule has 16 nitrogen and oxygen atoms in total. The first-order valence-corrected chi connectivity index (χ1v) is 27.5. The lowest BCUT2D eigenvalue weighted by Gasteiger charge is -2.20. The quantitative estimate of drug-likeness (QED) is 0.132. The van der Waals surface area contributed by atoms with E-state index >= 15 is 0 Å². The first-order valence-electron chi connectivity index (χ1n) is 27.5.